The van der Waals surface area contributed by atoms with Crippen molar-refractivity contribution in [2.75, 3.05) is 18.1 Å². The van der Waals surface area contributed by atoms with Gasteiger partial charge in [-0.1, -0.05) is 42.5 Å². The highest BCUT2D eigenvalue weighted by Crippen LogP contribution is 2.42. The summed E-state index contributed by atoms with van der Waals surface area (Å²) in [6, 6.07) is 19.0. The number of piperidine rings is 1. The first kappa shape index (κ1) is 24.1. The molecule has 0 amide bonds. The number of nitrogens with one attached hydrogen (secondary N) is 1. The van der Waals surface area contributed by atoms with Gasteiger partial charge in [0.15, 0.2) is 0 Å². The number of nitrogens with zero attached hydrogens (tertiary/aromatic N) is 2. The third kappa shape index (κ3) is 4.75. The molecule has 0 spiro atoms. The second kappa shape index (κ2) is 9.13. The highest BCUT2D eigenvalue weighted by molar-refractivity contribution is 6.09. The Bertz CT molecular complexity index is 1280. The van der Waals surface area contributed by atoms with E-state index in [9.17, 15) is 26.3 Å². The smallest absolute Gasteiger partial charge is 0.312 e. The topological polar surface area (TPSA) is 27.6 Å². The molecule has 3 nitrogen and oxygen atoms in total. The Morgan fingerprint density at radius 3 is 1.94 bits per heavy atom. The minimum absolute atomic E-state index is 0.170. The molecular weight excluding hydrogens is 480 g/mol. The van der Waals surface area contributed by atoms with Gasteiger partial charge in [0.05, 0.1) is 28.6 Å². The number of rotatable bonds is 3. The summed E-state index contributed by atoms with van der Waals surface area (Å²) >= 11 is 0. The molecule has 2 aliphatic rings. The molecule has 1 fully saturated rings. The third-order valence-electron chi connectivity index (χ3n) is 6.40. The molecule has 2 atom stereocenters. The number of para-hydroxylation sites is 1. The number of hydrogen-bond donors (Lipinski definition) is 1. The fourth-order valence-electron chi connectivity index (χ4n) is 4.67. The lowest BCUT2D eigenvalue weighted by atomic mass is 9.83. The monoisotopic (exact) mass is 501 g/mol. The van der Waals surface area contributed by atoms with Gasteiger partial charge in [-0.05, 0) is 59.2 Å². The van der Waals surface area contributed by atoms with Crippen LogP contribution in [-0.2, 0) is 12.4 Å². The number of alkyl halides is 6. The summed E-state index contributed by atoms with van der Waals surface area (Å²) < 4.78 is 78.2. The molecule has 2 unspecified atom stereocenters. The molecule has 5 rings (SSSR count). The SMILES string of the molecule is FC(F)(F)c1ccc(/C=C2/CNCC3C2=NN(c2ccccc2)C3c2ccc(C(F)(F)F)cc2)cc1. The summed E-state index contributed by atoms with van der Waals surface area (Å²) in [6.07, 6.45) is -7.04. The zero-order valence-electron chi connectivity index (χ0n) is 18.8. The quantitative estimate of drug-likeness (QED) is 0.394. The number of hydrogen-bond acceptors (Lipinski definition) is 3. The van der Waals surface area contributed by atoms with Crippen molar-refractivity contribution in [1.29, 1.82) is 0 Å². The molecule has 0 aliphatic carbocycles. The molecule has 186 valence electrons. The van der Waals surface area contributed by atoms with Crippen LogP contribution in [0.25, 0.3) is 6.08 Å². The molecule has 1 N–H and O–H groups in total. The molecule has 36 heavy (non-hydrogen) atoms. The molecule has 0 bridgehead atoms. The van der Waals surface area contributed by atoms with E-state index in [0.717, 1.165) is 41.2 Å². The molecule has 0 saturated carbocycles. The van der Waals surface area contributed by atoms with Gasteiger partial charge in [0.1, 0.15) is 0 Å². The highest BCUT2D eigenvalue weighted by atomic mass is 19.4. The van der Waals surface area contributed by atoms with Gasteiger partial charge in [0, 0.05) is 19.0 Å². The molecule has 1 saturated heterocycles. The van der Waals surface area contributed by atoms with Crippen LogP contribution in [0.4, 0.5) is 32.0 Å². The van der Waals surface area contributed by atoms with Crippen molar-refractivity contribution in [2.24, 2.45) is 11.0 Å². The Balaban J connectivity index is 1.52. The average Bonchev–Trinajstić information content (AvgIpc) is 3.25. The van der Waals surface area contributed by atoms with Crippen LogP contribution in [0.5, 0.6) is 0 Å². The predicted octanol–water partition coefficient (Wildman–Crippen LogP) is 6.94. The van der Waals surface area contributed by atoms with Gasteiger partial charge >= 0.3 is 12.4 Å². The van der Waals surface area contributed by atoms with Crippen molar-refractivity contribution < 1.29 is 26.3 Å². The van der Waals surface area contributed by atoms with E-state index in [2.05, 4.69) is 5.32 Å². The summed E-state index contributed by atoms with van der Waals surface area (Å²) in [6.45, 7) is 1.02. The zero-order valence-corrected chi connectivity index (χ0v) is 18.8. The van der Waals surface area contributed by atoms with Crippen LogP contribution < -0.4 is 10.3 Å². The third-order valence-corrected chi connectivity index (χ3v) is 6.40. The molecule has 0 aromatic heterocycles. The van der Waals surface area contributed by atoms with Gasteiger partial charge in [-0.15, -0.1) is 0 Å². The maximum absolute atomic E-state index is 13.1. The maximum atomic E-state index is 13.1. The number of fused-ring (bicyclic) bond motifs is 1. The number of hydrazone groups is 1. The van der Waals surface area contributed by atoms with Crippen molar-refractivity contribution in [3.05, 3.63) is 107 Å². The minimum atomic E-state index is -4.43. The molecule has 0 radical (unpaired) electrons. The lowest BCUT2D eigenvalue weighted by molar-refractivity contribution is -0.138. The Kier molecular flexibility index (Phi) is 6.12. The fourth-order valence-corrected chi connectivity index (χ4v) is 4.67. The first-order valence-corrected chi connectivity index (χ1v) is 11.3. The van der Waals surface area contributed by atoms with E-state index in [1.165, 1.54) is 24.3 Å². The van der Waals surface area contributed by atoms with Crippen molar-refractivity contribution in [1.82, 2.24) is 5.32 Å². The van der Waals surface area contributed by atoms with Gasteiger partial charge in [-0.3, -0.25) is 5.01 Å². The largest absolute Gasteiger partial charge is 0.416 e. The number of halogens is 6. The van der Waals surface area contributed by atoms with Crippen LogP contribution >= 0.6 is 0 Å². The van der Waals surface area contributed by atoms with Crippen molar-refractivity contribution in [3.63, 3.8) is 0 Å². The Morgan fingerprint density at radius 1 is 0.778 bits per heavy atom. The van der Waals surface area contributed by atoms with Gasteiger partial charge in [-0.25, -0.2) is 0 Å². The standard InChI is InChI=1S/C27H21F6N3/c28-26(29,30)20-10-6-17(7-11-20)14-19-15-34-16-23-24(19)35-36(22-4-2-1-3-5-22)25(23)18-8-12-21(13-9-18)27(31,32)33/h1-14,23,25,34H,15-16H2/b19-14-. The lowest BCUT2D eigenvalue weighted by Gasteiger charge is -2.31. The molecule has 3 aromatic rings. The summed E-state index contributed by atoms with van der Waals surface area (Å²) in [7, 11) is 0. The summed E-state index contributed by atoms with van der Waals surface area (Å²) in [5.41, 5.74) is 2.23. The van der Waals surface area contributed by atoms with E-state index in [1.54, 1.807) is 6.08 Å². The van der Waals surface area contributed by atoms with Crippen molar-refractivity contribution in [2.45, 2.75) is 18.4 Å². The van der Waals surface area contributed by atoms with Gasteiger partial charge in [-0.2, -0.15) is 31.4 Å². The number of anilines is 1. The van der Waals surface area contributed by atoms with E-state index >= 15 is 0 Å². The van der Waals surface area contributed by atoms with E-state index in [1.807, 2.05) is 35.3 Å². The van der Waals surface area contributed by atoms with Crippen LogP contribution in [0.3, 0.4) is 0 Å². The van der Waals surface area contributed by atoms with Gasteiger partial charge in [0.25, 0.3) is 0 Å². The van der Waals surface area contributed by atoms with Crippen LogP contribution in [0.15, 0.2) is 89.5 Å². The second-order valence-corrected chi connectivity index (χ2v) is 8.76. The predicted molar refractivity (Wildman–Crippen MR) is 126 cm³/mol. The first-order valence-electron chi connectivity index (χ1n) is 11.3. The minimum Gasteiger partial charge on any atom is -0.312 e. The van der Waals surface area contributed by atoms with Crippen molar-refractivity contribution in [3.8, 4) is 0 Å². The van der Waals surface area contributed by atoms with E-state index in [0.29, 0.717) is 24.2 Å². The molecular formula is C27H21F6N3. The Hall–Kier alpha value is -3.59. The zero-order chi connectivity index (χ0) is 25.5. The molecule has 2 heterocycles. The summed E-state index contributed by atoms with van der Waals surface area (Å²) in [5.74, 6) is -0.170. The summed E-state index contributed by atoms with van der Waals surface area (Å²) in [5, 5.41) is 10.0. The van der Waals surface area contributed by atoms with Crippen molar-refractivity contribution >= 4 is 17.5 Å². The van der Waals surface area contributed by atoms with Crippen LogP contribution in [0, 0.1) is 5.92 Å². The highest BCUT2D eigenvalue weighted by Gasteiger charge is 2.42. The lowest BCUT2D eigenvalue weighted by Crippen LogP contribution is -2.40. The normalized spacial score (nSPS) is 21.4. The number of benzene rings is 3. The molecule has 2 aliphatic heterocycles. The Morgan fingerprint density at radius 2 is 1.36 bits per heavy atom. The second-order valence-electron chi connectivity index (χ2n) is 8.76. The van der Waals surface area contributed by atoms with Gasteiger partial charge < -0.3 is 5.32 Å². The molecule has 3 aromatic carbocycles. The maximum Gasteiger partial charge on any atom is 0.416 e. The van der Waals surface area contributed by atoms with E-state index in [-0.39, 0.29) is 12.0 Å². The average molecular weight is 501 g/mol. The van der Waals surface area contributed by atoms with E-state index < -0.39 is 23.5 Å². The summed E-state index contributed by atoms with van der Waals surface area (Å²) in [4.78, 5) is 0. The fraction of sp³-hybridized carbons (Fsp3) is 0.222. The van der Waals surface area contributed by atoms with Crippen LogP contribution in [-0.4, -0.2) is 18.8 Å². The molecule has 9 heteroatoms. The first-order chi connectivity index (χ1) is 17.1. The van der Waals surface area contributed by atoms with Crippen LogP contribution in [0.1, 0.15) is 28.3 Å². The van der Waals surface area contributed by atoms with Crippen LogP contribution in [0.2, 0.25) is 0 Å². The van der Waals surface area contributed by atoms with Gasteiger partial charge in [0.2, 0.25) is 0 Å². The van der Waals surface area contributed by atoms with E-state index in [4.69, 9.17) is 5.10 Å². The Labute approximate surface area is 203 Å².